The molecule has 2 heterocycles. The van der Waals surface area contributed by atoms with E-state index in [2.05, 4.69) is 15.8 Å². The number of hydrogen-bond acceptors (Lipinski definition) is 7. The van der Waals surface area contributed by atoms with Crippen LogP contribution in [0.1, 0.15) is 117 Å². The molecule has 1 spiro atoms. The van der Waals surface area contributed by atoms with E-state index in [1.54, 1.807) is 25.1 Å². The fourth-order valence-corrected chi connectivity index (χ4v) is 6.87. The zero-order valence-corrected chi connectivity index (χ0v) is 29.6. The molecule has 2 aliphatic heterocycles. The lowest BCUT2D eigenvalue weighted by Crippen LogP contribution is -2.59. The third-order valence-electron chi connectivity index (χ3n) is 9.88. The van der Waals surface area contributed by atoms with Crippen LogP contribution >= 0.6 is 11.6 Å². The lowest BCUT2D eigenvalue weighted by Gasteiger charge is -2.36. The first-order valence-corrected chi connectivity index (χ1v) is 17.9. The first-order chi connectivity index (χ1) is 22.7. The van der Waals surface area contributed by atoms with E-state index >= 15 is 0 Å². The summed E-state index contributed by atoms with van der Waals surface area (Å²) in [7, 11) is 0. The van der Waals surface area contributed by atoms with Gasteiger partial charge in [0.15, 0.2) is 5.60 Å². The number of nitrogens with one attached hydrogen (secondary N) is 2. The van der Waals surface area contributed by atoms with Crippen LogP contribution in [0, 0.1) is 11.3 Å². The van der Waals surface area contributed by atoms with Crippen molar-refractivity contribution in [3.63, 3.8) is 0 Å². The Kier molecular flexibility index (Phi) is 12.7. The van der Waals surface area contributed by atoms with Gasteiger partial charge in [0, 0.05) is 29.8 Å². The number of benzene rings is 1. The normalized spacial score (nSPS) is 23.5. The monoisotopic (exact) mass is 685 g/mol. The van der Waals surface area contributed by atoms with Gasteiger partial charge >= 0.3 is 0 Å². The molecule has 1 unspecified atom stereocenters. The van der Waals surface area contributed by atoms with E-state index in [-0.39, 0.29) is 31.2 Å². The minimum atomic E-state index is -1.15. The summed E-state index contributed by atoms with van der Waals surface area (Å²) in [5.74, 6) is -3.02. The zero-order chi connectivity index (χ0) is 35.1. The van der Waals surface area contributed by atoms with Gasteiger partial charge < -0.3 is 26.1 Å². The van der Waals surface area contributed by atoms with Crippen molar-refractivity contribution >= 4 is 46.7 Å². The quantitative estimate of drug-likeness (QED) is 0.300. The topological polar surface area (TPSA) is 160 Å². The maximum absolute atomic E-state index is 14.3. The van der Waals surface area contributed by atoms with Gasteiger partial charge in [-0.2, -0.15) is 0 Å². The first kappa shape index (κ1) is 37.4. The number of halogens is 1. The Hall–Kier alpha value is -3.47. The number of nitrogens with zero attached hydrogens (tertiary/aromatic N) is 2. The van der Waals surface area contributed by atoms with Crippen LogP contribution in [0.5, 0.6) is 0 Å². The van der Waals surface area contributed by atoms with Gasteiger partial charge in [-0.25, -0.2) is 0 Å². The van der Waals surface area contributed by atoms with Crippen molar-refractivity contribution in [2.75, 3.05) is 6.54 Å². The number of carbonyl (C=O) groups excluding carboxylic acids is 5. The summed E-state index contributed by atoms with van der Waals surface area (Å²) in [4.78, 5) is 72.7. The van der Waals surface area contributed by atoms with Crippen molar-refractivity contribution in [3.05, 3.63) is 34.9 Å². The van der Waals surface area contributed by atoms with Crippen LogP contribution in [0.15, 0.2) is 29.4 Å². The highest BCUT2D eigenvalue weighted by Gasteiger charge is 2.55. The molecule has 0 radical (unpaired) electrons. The van der Waals surface area contributed by atoms with E-state index < -0.39 is 52.6 Å². The van der Waals surface area contributed by atoms with Crippen molar-refractivity contribution in [2.24, 2.45) is 22.2 Å². The van der Waals surface area contributed by atoms with Gasteiger partial charge in [0.2, 0.25) is 23.5 Å². The molecule has 4 amide bonds. The van der Waals surface area contributed by atoms with Gasteiger partial charge in [-0.05, 0) is 42.7 Å². The molecular weight excluding hydrogens is 634 g/mol. The molecule has 0 bridgehead atoms. The third kappa shape index (κ3) is 9.57. The molecule has 4 atom stereocenters. The Bertz CT molecular complexity index is 1380. The Balaban J connectivity index is 0.00000121. The highest BCUT2D eigenvalue weighted by molar-refractivity contribution is 6.37. The van der Waals surface area contributed by atoms with Gasteiger partial charge in [0.05, 0.1) is 18.3 Å². The summed E-state index contributed by atoms with van der Waals surface area (Å²) < 4.78 is 0. The molecule has 5 rings (SSSR count). The van der Waals surface area contributed by atoms with Crippen molar-refractivity contribution in [1.29, 1.82) is 0 Å². The van der Waals surface area contributed by atoms with Crippen molar-refractivity contribution in [2.45, 2.75) is 135 Å². The van der Waals surface area contributed by atoms with Crippen LogP contribution in [0.4, 0.5) is 0 Å². The number of amides is 4. The molecule has 11 nitrogen and oxygen atoms in total. The predicted octanol–water partition coefficient (Wildman–Crippen LogP) is 4.82. The molecule has 2 aliphatic carbocycles. The van der Waals surface area contributed by atoms with E-state index in [0.29, 0.717) is 23.6 Å². The Labute approximate surface area is 289 Å². The molecule has 2 saturated carbocycles. The average molecular weight is 686 g/mol. The molecular formula is C36H52ClN5O6. The number of rotatable bonds is 10. The number of nitrogens with two attached hydrogens (primary N) is 1. The average Bonchev–Trinajstić information content (AvgIpc) is 3.60. The smallest absolute Gasteiger partial charge is 0.287 e. The van der Waals surface area contributed by atoms with Crippen molar-refractivity contribution < 1.29 is 28.8 Å². The molecule has 4 N–H and O–H groups in total. The lowest BCUT2D eigenvalue weighted by molar-refractivity contribution is -0.145. The fourth-order valence-electron chi connectivity index (χ4n) is 6.68. The van der Waals surface area contributed by atoms with Gasteiger partial charge in [-0.15, -0.1) is 0 Å². The van der Waals surface area contributed by atoms with E-state index in [1.807, 2.05) is 26.8 Å². The summed E-state index contributed by atoms with van der Waals surface area (Å²) >= 11 is 6.20. The third-order valence-corrected chi connectivity index (χ3v) is 10.1. The van der Waals surface area contributed by atoms with E-state index in [9.17, 15) is 24.0 Å². The highest BCUT2D eigenvalue weighted by Crippen LogP contribution is 2.40. The first-order valence-electron chi connectivity index (χ1n) is 17.5. The summed E-state index contributed by atoms with van der Waals surface area (Å²) in [6.45, 7) is 7.27. The molecule has 0 aromatic heterocycles. The largest absolute Gasteiger partial charge is 0.387 e. The number of ketones is 1. The summed E-state index contributed by atoms with van der Waals surface area (Å²) in [5, 5.41) is 10.5. The van der Waals surface area contributed by atoms with Gasteiger partial charge in [-0.1, -0.05) is 102 Å². The van der Waals surface area contributed by atoms with Crippen LogP contribution in [0.3, 0.4) is 0 Å². The van der Waals surface area contributed by atoms with Crippen LogP contribution in [0.25, 0.3) is 0 Å². The Morgan fingerprint density at radius 3 is 2.25 bits per heavy atom. The van der Waals surface area contributed by atoms with Gasteiger partial charge in [0.1, 0.15) is 12.1 Å². The summed E-state index contributed by atoms with van der Waals surface area (Å²) in [6.07, 6.45) is 12.3. The Morgan fingerprint density at radius 1 is 1.04 bits per heavy atom. The van der Waals surface area contributed by atoms with Gasteiger partial charge in [0.25, 0.3) is 5.91 Å². The molecule has 1 saturated heterocycles. The molecule has 12 heteroatoms. The number of primary amides is 1. The number of oxime groups is 1. The maximum Gasteiger partial charge on any atom is 0.287 e. The minimum absolute atomic E-state index is 0.0309. The van der Waals surface area contributed by atoms with Crippen molar-refractivity contribution in [1.82, 2.24) is 15.5 Å². The molecule has 1 aromatic rings. The maximum atomic E-state index is 14.3. The minimum Gasteiger partial charge on any atom is -0.387 e. The van der Waals surface area contributed by atoms with E-state index in [1.165, 1.54) is 37.0 Å². The van der Waals surface area contributed by atoms with Gasteiger partial charge in [-0.3, -0.25) is 24.0 Å². The van der Waals surface area contributed by atoms with Crippen LogP contribution < -0.4 is 16.4 Å². The van der Waals surface area contributed by atoms with Crippen LogP contribution in [-0.4, -0.2) is 70.3 Å². The second-order valence-electron chi connectivity index (χ2n) is 14.9. The summed E-state index contributed by atoms with van der Waals surface area (Å²) in [5.41, 5.74) is 4.91. The van der Waals surface area contributed by atoms with Crippen LogP contribution in [-0.2, 0) is 28.8 Å². The standard InChI is InChI=1S/C32H44ClN5O6.C4H8/c1-5-22(26(40)28(34)41)35-29(42)24-17-32(16-23(37-44-32)20-12-9-13-21(33)15-20)18-38(24)30(43)27(31(2,3)4)36-25(39)14-19-10-7-6-8-11-19;1-2-4-3-1/h9,12-13,15,19,22,24,27H,5-8,10-11,14,16-18H2,1-4H3,(H2,34,41)(H,35,42)(H,36,39);1-4H2/t22?,24-,27+,32+;/m0./s1. The SMILES string of the molecule is C1CCC1.CCC(NC(=O)[C@@H]1C[C@]2(CC(c3cccc(Cl)c3)=NO2)CN1C(=O)[C@@H](NC(=O)CC1CCCCC1)C(C)(C)C)C(=O)C(N)=O. The number of likely N-dealkylation sites (tertiary alicyclic amines) is 1. The Morgan fingerprint density at radius 2 is 1.69 bits per heavy atom. The molecule has 264 valence electrons. The van der Waals surface area contributed by atoms with E-state index in [4.69, 9.17) is 22.2 Å². The molecule has 48 heavy (non-hydrogen) atoms. The molecule has 1 aromatic carbocycles. The molecule has 3 fully saturated rings. The number of Topliss-reactive ketones (excluding diaryl/α,β-unsaturated/α-hetero) is 1. The van der Waals surface area contributed by atoms with E-state index in [0.717, 1.165) is 31.2 Å². The molecule has 4 aliphatic rings. The lowest BCUT2D eigenvalue weighted by atomic mass is 9.84. The highest BCUT2D eigenvalue weighted by atomic mass is 35.5. The zero-order valence-electron chi connectivity index (χ0n) is 28.8. The second-order valence-corrected chi connectivity index (χ2v) is 15.3. The second kappa shape index (κ2) is 16.3. The predicted molar refractivity (Wildman–Crippen MR) is 184 cm³/mol. The van der Waals surface area contributed by atoms with Crippen molar-refractivity contribution in [3.8, 4) is 0 Å². The fraction of sp³-hybridized carbons (Fsp3) is 0.667. The van der Waals surface area contributed by atoms with Crippen LogP contribution in [0.2, 0.25) is 5.02 Å². The number of hydrogen-bond donors (Lipinski definition) is 3. The summed E-state index contributed by atoms with van der Waals surface area (Å²) in [6, 6.07) is 4.07. The number of carbonyl (C=O) groups is 5.